The summed E-state index contributed by atoms with van der Waals surface area (Å²) in [5, 5.41) is 9.27. The van der Waals surface area contributed by atoms with Crippen LogP contribution in [-0.4, -0.2) is 11.1 Å². The van der Waals surface area contributed by atoms with Gasteiger partial charge in [0.2, 0.25) is 0 Å². The van der Waals surface area contributed by atoms with Crippen LogP contribution >= 0.6 is 0 Å². The van der Waals surface area contributed by atoms with E-state index in [-0.39, 0.29) is 19.2 Å². The first-order chi connectivity index (χ1) is 12.0. The number of benzene rings is 2. The lowest BCUT2D eigenvalue weighted by molar-refractivity contribution is -0.140. The first-order valence-corrected chi connectivity index (χ1v) is 8.61. The third-order valence-electron chi connectivity index (χ3n) is 4.22. The molecule has 0 aliphatic heterocycles. The molecule has 0 saturated carbocycles. The molecule has 3 heteroatoms. The Balaban J connectivity index is 2.35. The molecule has 0 bridgehead atoms. The van der Waals surface area contributed by atoms with Crippen molar-refractivity contribution in [3.05, 3.63) is 70.8 Å². The third kappa shape index (κ3) is 4.80. The first-order valence-electron chi connectivity index (χ1n) is 8.61. The monoisotopic (exact) mass is 338 g/mol. The quantitative estimate of drug-likeness (QED) is 0.586. The lowest BCUT2D eigenvalue weighted by Gasteiger charge is -2.14. The van der Waals surface area contributed by atoms with Gasteiger partial charge in [-0.1, -0.05) is 50.3 Å². The molecular formula is C22H26O3. The van der Waals surface area contributed by atoms with Gasteiger partial charge < -0.3 is 9.84 Å². The zero-order valence-corrected chi connectivity index (χ0v) is 15.3. The zero-order chi connectivity index (χ0) is 18.4. The second kappa shape index (κ2) is 8.63. The molecule has 0 unspecified atom stereocenters. The SMILES string of the molecule is C=C(C)C(=O)OCc1cc(-c2ccc(CO)cc2C)ccc1CCC. The third-order valence-corrected chi connectivity index (χ3v) is 4.22. The molecule has 0 saturated heterocycles. The fourth-order valence-corrected chi connectivity index (χ4v) is 2.86. The molecule has 2 aromatic carbocycles. The Morgan fingerprint density at radius 1 is 1.16 bits per heavy atom. The number of carbonyl (C=O) groups excluding carboxylic acids is 1. The van der Waals surface area contributed by atoms with E-state index in [1.165, 1.54) is 5.56 Å². The second-order valence-corrected chi connectivity index (χ2v) is 6.40. The van der Waals surface area contributed by atoms with Crippen molar-refractivity contribution in [3.8, 4) is 11.1 Å². The molecule has 132 valence electrons. The molecule has 0 radical (unpaired) electrons. The molecule has 0 aromatic heterocycles. The Kier molecular flexibility index (Phi) is 6.54. The van der Waals surface area contributed by atoms with Crippen molar-refractivity contribution in [1.29, 1.82) is 0 Å². The van der Waals surface area contributed by atoms with Crippen molar-refractivity contribution in [1.82, 2.24) is 0 Å². The highest BCUT2D eigenvalue weighted by Gasteiger charge is 2.10. The van der Waals surface area contributed by atoms with E-state index in [1.807, 2.05) is 25.1 Å². The number of aryl methyl sites for hydroxylation is 2. The van der Waals surface area contributed by atoms with E-state index in [1.54, 1.807) is 6.92 Å². The van der Waals surface area contributed by atoms with E-state index < -0.39 is 0 Å². The van der Waals surface area contributed by atoms with Crippen molar-refractivity contribution in [2.75, 3.05) is 0 Å². The van der Waals surface area contributed by atoms with E-state index in [9.17, 15) is 9.90 Å². The van der Waals surface area contributed by atoms with Crippen LogP contribution in [0.2, 0.25) is 0 Å². The molecule has 0 atom stereocenters. The van der Waals surface area contributed by atoms with Crippen LogP contribution in [0.5, 0.6) is 0 Å². The van der Waals surface area contributed by atoms with Gasteiger partial charge in [0.25, 0.3) is 0 Å². The highest BCUT2D eigenvalue weighted by molar-refractivity contribution is 5.86. The zero-order valence-electron chi connectivity index (χ0n) is 15.3. The van der Waals surface area contributed by atoms with Gasteiger partial charge in [-0.15, -0.1) is 0 Å². The van der Waals surface area contributed by atoms with Crippen LogP contribution in [0, 0.1) is 6.92 Å². The minimum Gasteiger partial charge on any atom is -0.457 e. The van der Waals surface area contributed by atoms with Crippen LogP contribution in [0.3, 0.4) is 0 Å². The van der Waals surface area contributed by atoms with Gasteiger partial charge in [-0.25, -0.2) is 4.79 Å². The van der Waals surface area contributed by atoms with Crippen molar-refractivity contribution in [3.63, 3.8) is 0 Å². The Morgan fingerprint density at radius 2 is 1.92 bits per heavy atom. The van der Waals surface area contributed by atoms with Gasteiger partial charge in [-0.3, -0.25) is 0 Å². The van der Waals surface area contributed by atoms with Gasteiger partial charge in [-0.05, 0) is 59.7 Å². The van der Waals surface area contributed by atoms with E-state index in [0.29, 0.717) is 5.57 Å². The fourth-order valence-electron chi connectivity index (χ4n) is 2.86. The number of hydrogen-bond donors (Lipinski definition) is 1. The Labute approximate surface area is 150 Å². The van der Waals surface area contributed by atoms with Crippen LogP contribution < -0.4 is 0 Å². The molecule has 1 N–H and O–H groups in total. The number of rotatable bonds is 7. The predicted octanol–water partition coefficient (Wildman–Crippen LogP) is 4.73. The summed E-state index contributed by atoms with van der Waals surface area (Å²) >= 11 is 0. The minimum atomic E-state index is -0.365. The van der Waals surface area contributed by atoms with Crippen LogP contribution in [0.1, 0.15) is 42.5 Å². The van der Waals surface area contributed by atoms with Gasteiger partial charge in [0, 0.05) is 5.57 Å². The maximum absolute atomic E-state index is 11.7. The topological polar surface area (TPSA) is 46.5 Å². The van der Waals surface area contributed by atoms with Gasteiger partial charge in [0.1, 0.15) is 6.61 Å². The van der Waals surface area contributed by atoms with Gasteiger partial charge >= 0.3 is 5.97 Å². The predicted molar refractivity (Wildman–Crippen MR) is 101 cm³/mol. The Bertz CT molecular complexity index is 775. The number of carbonyl (C=O) groups is 1. The van der Waals surface area contributed by atoms with Crippen LogP contribution in [-0.2, 0) is 29.2 Å². The van der Waals surface area contributed by atoms with Crippen LogP contribution in [0.4, 0.5) is 0 Å². The molecule has 0 aliphatic carbocycles. The number of hydrogen-bond acceptors (Lipinski definition) is 3. The summed E-state index contributed by atoms with van der Waals surface area (Å²) in [6.07, 6.45) is 1.98. The molecule has 0 spiro atoms. The van der Waals surface area contributed by atoms with E-state index >= 15 is 0 Å². The molecule has 3 nitrogen and oxygen atoms in total. The number of aliphatic hydroxyl groups is 1. The lowest BCUT2D eigenvalue weighted by Crippen LogP contribution is -2.07. The number of aliphatic hydroxyl groups excluding tert-OH is 1. The maximum Gasteiger partial charge on any atom is 0.333 e. The Hall–Kier alpha value is -2.39. The van der Waals surface area contributed by atoms with Crippen molar-refractivity contribution < 1.29 is 14.6 Å². The average molecular weight is 338 g/mol. The fraction of sp³-hybridized carbons (Fsp3) is 0.318. The normalized spacial score (nSPS) is 10.6. The highest BCUT2D eigenvalue weighted by atomic mass is 16.5. The maximum atomic E-state index is 11.7. The molecule has 25 heavy (non-hydrogen) atoms. The number of ether oxygens (including phenoxy) is 1. The molecule has 0 amide bonds. The second-order valence-electron chi connectivity index (χ2n) is 6.40. The smallest absolute Gasteiger partial charge is 0.333 e. The summed E-state index contributed by atoms with van der Waals surface area (Å²) in [4.78, 5) is 11.7. The molecule has 0 fully saturated rings. The molecular weight excluding hydrogens is 312 g/mol. The standard InChI is InChI=1S/C22H26O3/c1-5-6-18-8-9-19(12-20(18)14-25-22(24)15(2)3)21-10-7-17(13-23)11-16(21)4/h7-12,23H,2,5-6,13-14H2,1,3-4H3. The van der Waals surface area contributed by atoms with E-state index in [4.69, 9.17) is 4.74 Å². The molecule has 2 aromatic rings. The highest BCUT2D eigenvalue weighted by Crippen LogP contribution is 2.27. The largest absolute Gasteiger partial charge is 0.457 e. The van der Waals surface area contributed by atoms with Crippen LogP contribution in [0.25, 0.3) is 11.1 Å². The van der Waals surface area contributed by atoms with Gasteiger partial charge in [0.15, 0.2) is 0 Å². The van der Waals surface area contributed by atoms with Gasteiger partial charge in [-0.2, -0.15) is 0 Å². The summed E-state index contributed by atoms with van der Waals surface area (Å²) in [6, 6.07) is 12.3. The molecule has 2 rings (SSSR count). The summed E-state index contributed by atoms with van der Waals surface area (Å²) in [5.41, 5.74) is 6.85. The van der Waals surface area contributed by atoms with Crippen molar-refractivity contribution in [2.24, 2.45) is 0 Å². The summed E-state index contributed by atoms with van der Waals surface area (Å²) in [7, 11) is 0. The molecule has 0 heterocycles. The Morgan fingerprint density at radius 3 is 2.52 bits per heavy atom. The van der Waals surface area contributed by atoms with E-state index in [2.05, 4.69) is 31.7 Å². The molecule has 0 aliphatic rings. The minimum absolute atomic E-state index is 0.0403. The average Bonchev–Trinajstić information content (AvgIpc) is 2.60. The van der Waals surface area contributed by atoms with Crippen LogP contribution in [0.15, 0.2) is 48.6 Å². The van der Waals surface area contributed by atoms with Gasteiger partial charge in [0.05, 0.1) is 6.61 Å². The first kappa shape index (κ1) is 18.9. The van der Waals surface area contributed by atoms with Crippen molar-refractivity contribution >= 4 is 5.97 Å². The van der Waals surface area contributed by atoms with E-state index in [0.717, 1.165) is 40.7 Å². The number of esters is 1. The summed E-state index contributed by atoms with van der Waals surface area (Å²) in [5.74, 6) is -0.365. The summed E-state index contributed by atoms with van der Waals surface area (Å²) < 4.78 is 5.36. The summed E-state index contributed by atoms with van der Waals surface area (Å²) in [6.45, 7) is 9.74. The lowest BCUT2D eigenvalue weighted by atomic mass is 9.94. The van der Waals surface area contributed by atoms with Crippen molar-refractivity contribution in [2.45, 2.75) is 46.8 Å².